The summed E-state index contributed by atoms with van der Waals surface area (Å²) < 4.78 is 11.3. The van der Waals surface area contributed by atoms with Crippen LogP contribution in [-0.2, 0) is 9.47 Å². The minimum atomic E-state index is 0.205. The molecule has 1 atom stereocenters. The predicted molar refractivity (Wildman–Crippen MR) is 78.3 cm³/mol. The summed E-state index contributed by atoms with van der Waals surface area (Å²) in [6.45, 7) is 4.81. The molecule has 0 aliphatic heterocycles. The van der Waals surface area contributed by atoms with Gasteiger partial charge in [0.2, 0.25) is 0 Å². The predicted octanol–water partition coefficient (Wildman–Crippen LogP) is 3.42. The van der Waals surface area contributed by atoms with E-state index in [1.165, 1.54) is 0 Å². The van der Waals surface area contributed by atoms with Crippen molar-refractivity contribution in [3.05, 3.63) is 33.3 Å². The molecule has 0 aliphatic rings. The van der Waals surface area contributed by atoms with Gasteiger partial charge in [-0.1, -0.05) is 33.6 Å². The zero-order valence-electron chi connectivity index (χ0n) is 10.7. The fraction of sp³-hybridized carbons (Fsp3) is 0.538. The molecule has 0 radical (unpaired) electrons. The van der Waals surface area contributed by atoms with Gasteiger partial charge in [0.05, 0.1) is 19.8 Å². The minimum Gasteiger partial charge on any atom is -0.382 e. The lowest BCUT2D eigenvalue weighted by Gasteiger charge is -2.16. The van der Waals surface area contributed by atoms with Gasteiger partial charge in [-0.3, -0.25) is 0 Å². The van der Waals surface area contributed by atoms with Crippen LogP contribution in [0.2, 0.25) is 5.02 Å². The van der Waals surface area contributed by atoms with Crippen LogP contribution in [0.25, 0.3) is 0 Å². The van der Waals surface area contributed by atoms with Crippen LogP contribution in [-0.4, -0.2) is 33.5 Å². The van der Waals surface area contributed by atoms with E-state index in [2.05, 4.69) is 28.2 Å². The van der Waals surface area contributed by atoms with Crippen LogP contribution < -0.4 is 5.32 Å². The first kappa shape index (κ1) is 15.9. The number of methoxy groups -OCH3 is 1. The molecule has 0 saturated heterocycles. The first-order valence-electron chi connectivity index (χ1n) is 5.90. The number of hydrogen-bond acceptors (Lipinski definition) is 3. The van der Waals surface area contributed by atoms with Crippen LogP contribution >= 0.6 is 27.5 Å². The van der Waals surface area contributed by atoms with Gasteiger partial charge in [0.25, 0.3) is 0 Å². The Morgan fingerprint density at radius 3 is 2.78 bits per heavy atom. The van der Waals surface area contributed by atoms with Gasteiger partial charge in [-0.2, -0.15) is 0 Å². The second-order valence-corrected chi connectivity index (χ2v) is 5.27. The van der Waals surface area contributed by atoms with Crippen molar-refractivity contribution in [1.82, 2.24) is 5.32 Å². The van der Waals surface area contributed by atoms with Crippen LogP contribution in [0.3, 0.4) is 0 Å². The first-order valence-corrected chi connectivity index (χ1v) is 7.07. The molecular weight excluding hydrogens is 318 g/mol. The van der Waals surface area contributed by atoms with Crippen molar-refractivity contribution in [2.24, 2.45) is 0 Å². The molecule has 0 spiro atoms. The Morgan fingerprint density at radius 2 is 2.11 bits per heavy atom. The third-order valence-corrected chi connectivity index (χ3v) is 3.38. The summed E-state index contributed by atoms with van der Waals surface area (Å²) in [5.74, 6) is 0. The van der Waals surface area contributed by atoms with Gasteiger partial charge >= 0.3 is 0 Å². The molecule has 3 nitrogen and oxygen atoms in total. The van der Waals surface area contributed by atoms with E-state index in [-0.39, 0.29) is 6.04 Å². The molecule has 0 saturated carbocycles. The Balaban J connectivity index is 2.29. The van der Waals surface area contributed by atoms with E-state index >= 15 is 0 Å². The van der Waals surface area contributed by atoms with Crippen molar-refractivity contribution in [2.75, 3.05) is 33.5 Å². The molecule has 1 unspecified atom stereocenters. The average molecular weight is 337 g/mol. The van der Waals surface area contributed by atoms with Gasteiger partial charge in [-0.05, 0) is 24.6 Å². The molecule has 0 bridgehead atoms. The van der Waals surface area contributed by atoms with E-state index < -0.39 is 0 Å². The summed E-state index contributed by atoms with van der Waals surface area (Å²) in [6.07, 6.45) is 0. The summed E-state index contributed by atoms with van der Waals surface area (Å²) in [4.78, 5) is 0. The average Bonchev–Trinajstić information content (AvgIpc) is 2.33. The second kappa shape index (κ2) is 8.88. The van der Waals surface area contributed by atoms with Crippen LogP contribution in [0.4, 0.5) is 0 Å². The van der Waals surface area contributed by atoms with Crippen LogP contribution in [0.5, 0.6) is 0 Å². The van der Waals surface area contributed by atoms with E-state index in [4.69, 9.17) is 21.1 Å². The van der Waals surface area contributed by atoms with E-state index in [0.29, 0.717) is 19.8 Å². The zero-order valence-corrected chi connectivity index (χ0v) is 13.1. The topological polar surface area (TPSA) is 30.5 Å². The van der Waals surface area contributed by atoms with Crippen molar-refractivity contribution in [3.63, 3.8) is 0 Å². The molecule has 0 amide bonds. The molecular formula is C13H19BrClNO2. The second-order valence-electron chi connectivity index (χ2n) is 3.95. The van der Waals surface area contributed by atoms with Crippen molar-refractivity contribution < 1.29 is 9.47 Å². The van der Waals surface area contributed by atoms with Gasteiger partial charge in [-0.15, -0.1) is 0 Å². The lowest BCUT2D eigenvalue weighted by molar-refractivity contribution is 0.0712. The van der Waals surface area contributed by atoms with Gasteiger partial charge < -0.3 is 14.8 Å². The minimum absolute atomic E-state index is 0.205. The van der Waals surface area contributed by atoms with Gasteiger partial charge in [0.1, 0.15) is 0 Å². The van der Waals surface area contributed by atoms with E-state index in [0.717, 1.165) is 21.6 Å². The molecule has 0 aromatic heterocycles. The summed E-state index contributed by atoms with van der Waals surface area (Å²) >= 11 is 9.58. The highest BCUT2D eigenvalue weighted by atomic mass is 79.9. The van der Waals surface area contributed by atoms with Gasteiger partial charge in [0, 0.05) is 29.2 Å². The first-order chi connectivity index (χ1) is 8.65. The Morgan fingerprint density at radius 1 is 1.33 bits per heavy atom. The van der Waals surface area contributed by atoms with Crippen molar-refractivity contribution >= 4 is 27.5 Å². The highest BCUT2D eigenvalue weighted by Gasteiger charge is 2.08. The highest BCUT2D eigenvalue weighted by Crippen LogP contribution is 2.26. The zero-order chi connectivity index (χ0) is 13.4. The molecule has 0 heterocycles. The van der Waals surface area contributed by atoms with Crippen LogP contribution in [0.1, 0.15) is 18.5 Å². The normalized spacial score (nSPS) is 12.7. The fourth-order valence-electron chi connectivity index (χ4n) is 1.55. The molecule has 18 heavy (non-hydrogen) atoms. The quantitative estimate of drug-likeness (QED) is 0.738. The van der Waals surface area contributed by atoms with Crippen molar-refractivity contribution in [1.29, 1.82) is 0 Å². The largest absolute Gasteiger partial charge is 0.382 e. The van der Waals surface area contributed by atoms with Gasteiger partial charge in [-0.25, -0.2) is 0 Å². The SMILES string of the molecule is COCCOCCNC(C)c1ccc(Br)cc1Cl. The van der Waals surface area contributed by atoms with Crippen LogP contribution in [0, 0.1) is 0 Å². The third kappa shape index (κ3) is 5.67. The smallest absolute Gasteiger partial charge is 0.0700 e. The highest BCUT2D eigenvalue weighted by molar-refractivity contribution is 9.10. The Kier molecular flexibility index (Phi) is 7.86. The molecule has 1 rings (SSSR count). The number of ether oxygens (including phenoxy) is 2. The molecule has 1 aromatic carbocycles. The molecule has 0 aliphatic carbocycles. The molecule has 102 valence electrons. The number of hydrogen-bond donors (Lipinski definition) is 1. The number of benzene rings is 1. The summed E-state index contributed by atoms with van der Waals surface area (Å²) in [7, 11) is 1.67. The summed E-state index contributed by atoms with van der Waals surface area (Å²) in [5.41, 5.74) is 1.09. The van der Waals surface area contributed by atoms with E-state index in [1.54, 1.807) is 7.11 Å². The maximum absolute atomic E-state index is 6.19. The van der Waals surface area contributed by atoms with E-state index in [1.807, 2.05) is 18.2 Å². The van der Waals surface area contributed by atoms with Crippen molar-refractivity contribution in [3.8, 4) is 0 Å². The number of halogens is 2. The Labute approximate surface area is 122 Å². The van der Waals surface area contributed by atoms with Gasteiger partial charge in [0.15, 0.2) is 0 Å². The maximum Gasteiger partial charge on any atom is 0.0700 e. The molecule has 0 fully saturated rings. The molecule has 1 N–H and O–H groups in total. The summed E-state index contributed by atoms with van der Waals surface area (Å²) in [5, 5.41) is 4.14. The van der Waals surface area contributed by atoms with E-state index in [9.17, 15) is 0 Å². The number of nitrogens with one attached hydrogen (secondary N) is 1. The maximum atomic E-state index is 6.19. The third-order valence-electron chi connectivity index (χ3n) is 2.56. The Hall–Kier alpha value is -0.130. The number of rotatable bonds is 8. The molecule has 1 aromatic rings. The van der Waals surface area contributed by atoms with Crippen molar-refractivity contribution in [2.45, 2.75) is 13.0 Å². The summed E-state index contributed by atoms with van der Waals surface area (Å²) in [6, 6.07) is 6.13. The lowest BCUT2D eigenvalue weighted by atomic mass is 10.1. The lowest BCUT2D eigenvalue weighted by Crippen LogP contribution is -2.24. The Bertz CT molecular complexity index is 363. The standard InChI is InChI=1S/C13H19BrClNO2/c1-10(16-5-6-18-8-7-17-2)12-4-3-11(14)9-13(12)15/h3-4,9-10,16H,5-8H2,1-2H3. The monoisotopic (exact) mass is 335 g/mol. The molecule has 5 heteroatoms. The van der Waals surface area contributed by atoms with Crippen LogP contribution in [0.15, 0.2) is 22.7 Å². The fourth-order valence-corrected chi connectivity index (χ4v) is 2.39.